The van der Waals surface area contributed by atoms with Crippen LogP contribution in [0.4, 0.5) is 0 Å². The van der Waals surface area contributed by atoms with Crippen molar-refractivity contribution in [2.75, 3.05) is 0 Å². The van der Waals surface area contributed by atoms with Crippen LogP contribution in [-0.2, 0) is 5.41 Å². The lowest BCUT2D eigenvalue weighted by atomic mass is 9.72. The second-order valence-corrected chi connectivity index (χ2v) is 8.27. The van der Waals surface area contributed by atoms with Gasteiger partial charge in [-0.3, -0.25) is 0 Å². The van der Waals surface area contributed by atoms with Gasteiger partial charge in [0.2, 0.25) is 0 Å². The van der Waals surface area contributed by atoms with Crippen LogP contribution in [0.2, 0.25) is 0 Å². The molecule has 3 nitrogen and oxygen atoms in total. The highest BCUT2D eigenvalue weighted by molar-refractivity contribution is 5.83. The van der Waals surface area contributed by atoms with Crippen molar-refractivity contribution in [3.8, 4) is 33.9 Å². The molecule has 0 spiro atoms. The minimum Gasteiger partial charge on any atom is -0.213 e. The van der Waals surface area contributed by atoms with Crippen LogP contribution in [0.5, 0.6) is 0 Å². The van der Waals surface area contributed by atoms with Crippen molar-refractivity contribution in [3.63, 3.8) is 0 Å². The summed E-state index contributed by atoms with van der Waals surface area (Å²) in [6.07, 6.45) is 5.72. The van der Waals surface area contributed by atoms with Crippen molar-refractivity contribution >= 4 is 0 Å². The van der Waals surface area contributed by atoms with E-state index in [4.69, 9.17) is 4.98 Å². The van der Waals surface area contributed by atoms with Gasteiger partial charge in [-0.15, -0.1) is 13.2 Å². The summed E-state index contributed by atoms with van der Waals surface area (Å²) >= 11 is 0. The fourth-order valence-corrected chi connectivity index (χ4v) is 4.94. The van der Waals surface area contributed by atoms with Gasteiger partial charge in [0.25, 0.3) is 0 Å². The van der Waals surface area contributed by atoms with Crippen molar-refractivity contribution in [1.29, 1.82) is 0 Å². The maximum absolute atomic E-state index is 4.83. The predicted molar refractivity (Wildman–Crippen MR) is 131 cm³/mol. The van der Waals surface area contributed by atoms with Gasteiger partial charge in [0.1, 0.15) is 5.82 Å². The number of allylic oxidation sites excluding steroid dienone is 2. The SMILES string of the molecule is C=CCC1(CC=C)c2ccccc2-c2ccc(-c3nc(C)nc(-c4ccccc4)n3)cc21. The van der Waals surface area contributed by atoms with E-state index in [2.05, 4.69) is 65.6 Å². The van der Waals surface area contributed by atoms with Gasteiger partial charge in [-0.1, -0.05) is 78.9 Å². The molecule has 0 radical (unpaired) electrons. The molecule has 0 unspecified atom stereocenters. The zero-order valence-corrected chi connectivity index (χ0v) is 18.3. The summed E-state index contributed by atoms with van der Waals surface area (Å²) in [6.45, 7) is 10.1. The topological polar surface area (TPSA) is 38.7 Å². The Labute approximate surface area is 189 Å². The van der Waals surface area contributed by atoms with Crippen LogP contribution in [0.15, 0.2) is 98.1 Å². The molecule has 1 heterocycles. The molecule has 0 fully saturated rings. The monoisotopic (exact) mass is 415 g/mol. The van der Waals surface area contributed by atoms with Crippen LogP contribution >= 0.6 is 0 Å². The first-order chi connectivity index (χ1) is 15.7. The van der Waals surface area contributed by atoms with Gasteiger partial charge in [0, 0.05) is 16.5 Å². The molecule has 0 atom stereocenters. The van der Waals surface area contributed by atoms with Crippen molar-refractivity contribution < 1.29 is 0 Å². The number of hydrogen-bond acceptors (Lipinski definition) is 3. The quantitative estimate of drug-likeness (QED) is 0.320. The summed E-state index contributed by atoms with van der Waals surface area (Å²) in [6, 6.07) is 25.3. The Morgan fingerprint density at radius 3 is 2.03 bits per heavy atom. The molecule has 3 aromatic carbocycles. The molecule has 0 saturated carbocycles. The molecule has 1 aliphatic carbocycles. The van der Waals surface area contributed by atoms with Crippen LogP contribution in [-0.4, -0.2) is 15.0 Å². The van der Waals surface area contributed by atoms with E-state index in [-0.39, 0.29) is 5.41 Å². The third kappa shape index (κ3) is 3.18. The number of rotatable bonds is 6. The first-order valence-electron chi connectivity index (χ1n) is 10.9. The molecular weight excluding hydrogens is 390 g/mol. The molecule has 1 aromatic heterocycles. The maximum Gasteiger partial charge on any atom is 0.163 e. The van der Waals surface area contributed by atoms with Crippen LogP contribution < -0.4 is 0 Å². The number of benzene rings is 3. The van der Waals surface area contributed by atoms with E-state index in [0.29, 0.717) is 17.5 Å². The minimum absolute atomic E-state index is 0.171. The minimum atomic E-state index is -0.171. The van der Waals surface area contributed by atoms with Crippen LogP contribution in [0.3, 0.4) is 0 Å². The zero-order chi connectivity index (χ0) is 22.1. The average molecular weight is 416 g/mol. The summed E-state index contributed by atoms with van der Waals surface area (Å²) < 4.78 is 0. The molecule has 32 heavy (non-hydrogen) atoms. The Hall–Kier alpha value is -3.85. The lowest BCUT2D eigenvalue weighted by Crippen LogP contribution is -2.23. The Morgan fingerprint density at radius 2 is 1.31 bits per heavy atom. The van der Waals surface area contributed by atoms with Crippen molar-refractivity contribution in [2.45, 2.75) is 25.2 Å². The highest BCUT2D eigenvalue weighted by atomic mass is 15.0. The second-order valence-electron chi connectivity index (χ2n) is 8.27. The molecule has 0 N–H and O–H groups in total. The number of nitrogens with zero attached hydrogens (tertiary/aromatic N) is 3. The fraction of sp³-hybridized carbons (Fsp3) is 0.138. The fourth-order valence-electron chi connectivity index (χ4n) is 4.94. The van der Waals surface area contributed by atoms with Gasteiger partial charge >= 0.3 is 0 Å². The van der Waals surface area contributed by atoms with Gasteiger partial charge in [-0.2, -0.15) is 0 Å². The summed E-state index contributed by atoms with van der Waals surface area (Å²) in [5.74, 6) is 2.10. The van der Waals surface area contributed by atoms with E-state index in [1.807, 2.05) is 49.4 Å². The van der Waals surface area contributed by atoms with Crippen molar-refractivity contribution in [3.05, 3.63) is 115 Å². The summed E-state index contributed by atoms with van der Waals surface area (Å²) in [4.78, 5) is 14.1. The largest absolute Gasteiger partial charge is 0.213 e. The van der Waals surface area contributed by atoms with Gasteiger partial charge in [0.05, 0.1) is 0 Å². The maximum atomic E-state index is 4.83. The van der Waals surface area contributed by atoms with Crippen molar-refractivity contribution in [2.24, 2.45) is 0 Å². The first kappa shape index (κ1) is 20.1. The number of fused-ring (bicyclic) bond motifs is 3. The van der Waals surface area contributed by atoms with E-state index >= 15 is 0 Å². The molecular formula is C29H25N3. The molecule has 0 saturated heterocycles. The highest BCUT2D eigenvalue weighted by Crippen LogP contribution is 2.53. The van der Waals surface area contributed by atoms with Crippen molar-refractivity contribution in [1.82, 2.24) is 15.0 Å². The Morgan fingerprint density at radius 1 is 0.688 bits per heavy atom. The normalized spacial score (nSPS) is 13.3. The molecule has 0 bridgehead atoms. The van der Waals surface area contributed by atoms with Gasteiger partial charge in [0.15, 0.2) is 11.6 Å². The molecule has 4 aromatic rings. The molecule has 5 rings (SSSR count). The van der Waals surface area contributed by atoms with Crippen LogP contribution in [0, 0.1) is 6.92 Å². The first-order valence-corrected chi connectivity index (χ1v) is 10.9. The lowest BCUT2D eigenvalue weighted by Gasteiger charge is -2.30. The smallest absolute Gasteiger partial charge is 0.163 e. The zero-order valence-electron chi connectivity index (χ0n) is 18.3. The predicted octanol–water partition coefficient (Wildman–Crippen LogP) is 6.93. The summed E-state index contributed by atoms with van der Waals surface area (Å²) in [5, 5.41) is 0. The number of hydrogen-bond donors (Lipinski definition) is 0. The third-order valence-electron chi connectivity index (χ3n) is 6.29. The lowest BCUT2D eigenvalue weighted by molar-refractivity contribution is 0.543. The Bertz CT molecular complexity index is 1310. The molecule has 156 valence electrons. The van der Waals surface area contributed by atoms with E-state index in [1.165, 1.54) is 22.3 Å². The Kier molecular flexibility index (Phi) is 5.02. The number of aryl methyl sites for hydroxylation is 1. The number of aromatic nitrogens is 3. The van der Waals surface area contributed by atoms with E-state index in [0.717, 1.165) is 24.0 Å². The summed E-state index contributed by atoms with van der Waals surface area (Å²) in [5.41, 5.74) is 6.99. The van der Waals surface area contributed by atoms with Gasteiger partial charge in [-0.05, 0) is 48.1 Å². The van der Waals surface area contributed by atoms with Gasteiger partial charge < -0.3 is 0 Å². The molecule has 0 aliphatic heterocycles. The highest BCUT2D eigenvalue weighted by Gasteiger charge is 2.41. The summed E-state index contributed by atoms with van der Waals surface area (Å²) in [7, 11) is 0. The van der Waals surface area contributed by atoms with Crippen LogP contribution in [0.1, 0.15) is 29.8 Å². The third-order valence-corrected chi connectivity index (χ3v) is 6.29. The standard InChI is InChI=1S/C29H25N3/c1-4-17-29(18-5-2)25-14-10-9-13-23(25)24-16-15-22(19-26(24)29)28-31-20(3)30-27(32-28)21-11-7-6-8-12-21/h4-16,19H,1-2,17-18H2,3H3. The molecule has 1 aliphatic rings. The van der Waals surface area contributed by atoms with E-state index in [1.54, 1.807) is 0 Å². The van der Waals surface area contributed by atoms with Crippen LogP contribution in [0.25, 0.3) is 33.9 Å². The molecule has 3 heteroatoms. The van der Waals surface area contributed by atoms with E-state index < -0.39 is 0 Å². The Balaban J connectivity index is 1.70. The van der Waals surface area contributed by atoms with Gasteiger partial charge in [-0.25, -0.2) is 15.0 Å². The molecule has 0 amide bonds. The second kappa shape index (κ2) is 8.01. The average Bonchev–Trinajstić information content (AvgIpc) is 3.09. The van der Waals surface area contributed by atoms with E-state index in [9.17, 15) is 0 Å².